The second-order valence-electron chi connectivity index (χ2n) is 6.40. The Morgan fingerprint density at radius 3 is 2.44 bits per heavy atom. The highest BCUT2D eigenvalue weighted by Crippen LogP contribution is 2.30. The van der Waals surface area contributed by atoms with Crippen LogP contribution in [0.3, 0.4) is 0 Å². The molecule has 0 unspecified atom stereocenters. The number of nitrogens with two attached hydrogens (primary N) is 1. The van der Waals surface area contributed by atoms with E-state index in [1.165, 1.54) is 16.7 Å². The molecule has 0 fully saturated rings. The molecule has 0 aliphatic carbocycles. The third-order valence-electron chi connectivity index (χ3n) is 4.66. The number of aromatic amines is 1. The maximum atomic E-state index is 11.2. The van der Waals surface area contributed by atoms with Gasteiger partial charge in [0.15, 0.2) is 0 Å². The molecule has 1 amide bonds. The first-order chi connectivity index (χ1) is 12.2. The molecule has 0 saturated carbocycles. The Balaban J connectivity index is 1.61. The van der Waals surface area contributed by atoms with Crippen LogP contribution in [0.25, 0.3) is 22.4 Å². The van der Waals surface area contributed by atoms with Crippen molar-refractivity contribution in [1.29, 1.82) is 0 Å². The van der Waals surface area contributed by atoms with Gasteiger partial charge in [-0.25, -0.2) is 0 Å². The summed E-state index contributed by atoms with van der Waals surface area (Å²) in [6, 6.07) is 18.8. The predicted octanol–water partition coefficient (Wildman–Crippen LogP) is 2.59. The quantitative estimate of drug-likeness (QED) is 0.771. The fourth-order valence-electron chi connectivity index (χ4n) is 3.40. The molecule has 0 saturated heterocycles. The highest BCUT2D eigenvalue weighted by Gasteiger charge is 2.23. The predicted molar refractivity (Wildman–Crippen MR) is 97.6 cm³/mol. The Morgan fingerprint density at radius 1 is 1.04 bits per heavy atom. The van der Waals surface area contributed by atoms with Gasteiger partial charge in [0, 0.05) is 36.3 Å². The van der Waals surface area contributed by atoms with Crippen molar-refractivity contribution >= 4 is 5.91 Å². The molecule has 0 radical (unpaired) electrons. The second kappa shape index (κ2) is 6.53. The first kappa shape index (κ1) is 15.6. The van der Waals surface area contributed by atoms with E-state index in [0.717, 1.165) is 29.9 Å². The molecule has 0 atom stereocenters. The zero-order valence-corrected chi connectivity index (χ0v) is 13.9. The largest absolute Gasteiger partial charge is 0.369 e. The number of carbonyl (C=O) groups excluding carboxylic acids is 1. The lowest BCUT2D eigenvalue weighted by molar-refractivity contribution is -0.119. The maximum Gasteiger partial charge on any atom is 0.231 e. The van der Waals surface area contributed by atoms with Gasteiger partial charge in [0.1, 0.15) is 0 Å². The number of hydrogen-bond donors (Lipinski definition) is 2. The Hall–Kier alpha value is -2.92. The van der Waals surface area contributed by atoms with Gasteiger partial charge in [0.25, 0.3) is 0 Å². The Morgan fingerprint density at radius 2 is 1.72 bits per heavy atom. The Kier molecular flexibility index (Phi) is 4.07. The second-order valence-corrected chi connectivity index (χ2v) is 6.40. The number of rotatable bonds is 4. The molecule has 2 aromatic carbocycles. The van der Waals surface area contributed by atoms with E-state index >= 15 is 0 Å². The number of benzene rings is 2. The minimum Gasteiger partial charge on any atom is -0.369 e. The molecule has 0 bridgehead atoms. The van der Waals surface area contributed by atoms with Crippen LogP contribution in [0.2, 0.25) is 0 Å². The zero-order valence-electron chi connectivity index (χ0n) is 13.9. The molecule has 4 rings (SSSR count). The molecule has 3 N–H and O–H groups in total. The van der Waals surface area contributed by atoms with Crippen molar-refractivity contribution in [2.45, 2.75) is 13.0 Å². The van der Waals surface area contributed by atoms with Gasteiger partial charge >= 0.3 is 0 Å². The summed E-state index contributed by atoms with van der Waals surface area (Å²) in [5, 5.41) is 7.67. The van der Waals surface area contributed by atoms with Crippen LogP contribution >= 0.6 is 0 Å². The van der Waals surface area contributed by atoms with Crippen LogP contribution in [0.15, 0.2) is 54.6 Å². The van der Waals surface area contributed by atoms with E-state index in [2.05, 4.69) is 51.5 Å². The maximum absolute atomic E-state index is 11.2. The minimum atomic E-state index is -0.291. The van der Waals surface area contributed by atoms with Crippen molar-refractivity contribution in [3.63, 3.8) is 0 Å². The van der Waals surface area contributed by atoms with Crippen molar-refractivity contribution in [2.75, 3.05) is 13.1 Å². The first-order valence-electron chi connectivity index (χ1n) is 8.43. The summed E-state index contributed by atoms with van der Waals surface area (Å²) in [7, 11) is 0. The molecule has 5 nitrogen and oxygen atoms in total. The summed E-state index contributed by atoms with van der Waals surface area (Å²) < 4.78 is 0. The standard InChI is InChI=1S/C20H20N4O/c21-19(25)13-24-11-10-18-17(12-24)20(23-22-18)16-8-6-15(7-9-16)14-4-2-1-3-5-14/h1-9H,10-13H2,(H2,21,25)(H,22,23). The number of nitrogens with zero attached hydrogens (tertiary/aromatic N) is 2. The molecular weight excluding hydrogens is 312 g/mol. The number of hydrogen-bond acceptors (Lipinski definition) is 3. The molecule has 126 valence electrons. The van der Waals surface area contributed by atoms with Gasteiger partial charge in [0.05, 0.1) is 12.2 Å². The fraction of sp³-hybridized carbons (Fsp3) is 0.200. The van der Waals surface area contributed by atoms with E-state index < -0.39 is 0 Å². The van der Waals surface area contributed by atoms with E-state index in [4.69, 9.17) is 5.73 Å². The summed E-state index contributed by atoms with van der Waals surface area (Å²) in [6.07, 6.45) is 0.859. The highest BCUT2D eigenvalue weighted by atomic mass is 16.1. The van der Waals surface area contributed by atoms with Gasteiger partial charge in [-0.1, -0.05) is 54.6 Å². The number of nitrogens with one attached hydrogen (secondary N) is 1. The van der Waals surface area contributed by atoms with Gasteiger partial charge in [-0.05, 0) is 11.1 Å². The number of H-pyrrole nitrogens is 1. The molecule has 0 spiro atoms. The lowest BCUT2D eigenvalue weighted by Gasteiger charge is -2.25. The number of primary amides is 1. The minimum absolute atomic E-state index is 0.289. The van der Waals surface area contributed by atoms with Crippen LogP contribution in [0.5, 0.6) is 0 Å². The number of carbonyl (C=O) groups is 1. The van der Waals surface area contributed by atoms with Crippen molar-refractivity contribution < 1.29 is 4.79 Å². The summed E-state index contributed by atoms with van der Waals surface area (Å²) >= 11 is 0. The van der Waals surface area contributed by atoms with E-state index in [-0.39, 0.29) is 12.5 Å². The molecule has 1 aromatic heterocycles. The van der Waals surface area contributed by atoms with Crippen LogP contribution in [-0.2, 0) is 17.8 Å². The van der Waals surface area contributed by atoms with Gasteiger partial charge in [-0.3, -0.25) is 14.8 Å². The van der Waals surface area contributed by atoms with Crippen molar-refractivity contribution in [3.8, 4) is 22.4 Å². The fourth-order valence-corrected chi connectivity index (χ4v) is 3.40. The molecule has 1 aliphatic rings. The molecule has 5 heteroatoms. The Labute approximate surface area is 146 Å². The van der Waals surface area contributed by atoms with Crippen molar-refractivity contribution in [1.82, 2.24) is 15.1 Å². The van der Waals surface area contributed by atoms with E-state index in [9.17, 15) is 4.79 Å². The van der Waals surface area contributed by atoms with Crippen LogP contribution in [0, 0.1) is 0 Å². The van der Waals surface area contributed by atoms with Gasteiger partial charge in [-0.2, -0.15) is 5.10 Å². The zero-order chi connectivity index (χ0) is 17.2. The number of amides is 1. The summed E-state index contributed by atoms with van der Waals surface area (Å²) in [5.41, 5.74) is 12.1. The molecular formula is C20H20N4O. The molecule has 1 aliphatic heterocycles. The average molecular weight is 332 g/mol. The number of fused-ring (bicyclic) bond motifs is 1. The molecule has 2 heterocycles. The molecule has 3 aromatic rings. The summed E-state index contributed by atoms with van der Waals surface area (Å²) in [5.74, 6) is -0.291. The van der Waals surface area contributed by atoms with Crippen LogP contribution in [0.4, 0.5) is 0 Å². The van der Waals surface area contributed by atoms with Crippen molar-refractivity contribution in [2.24, 2.45) is 5.73 Å². The lowest BCUT2D eigenvalue weighted by Crippen LogP contribution is -2.37. The van der Waals surface area contributed by atoms with Crippen molar-refractivity contribution in [3.05, 3.63) is 65.9 Å². The monoisotopic (exact) mass is 332 g/mol. The topological polar surface area (TPSA) is 75.0 Å². The normalized spacial score (nSPS) is 14.2. The van der Waals surface area contributed by atoms with E-state index in [1.54, 1.807) is 0 Å². The third kappa shape index (κ3) is 3.19. The third-order valence-corrected chi connectivity index (χ3v) is 4.66. The van der Waals surface area contributed by atoms with Crippen LogP contribution in [0.1, 0.15) is 11.3 Å². The SMILES string of the molecule is NC(=O)CN1CCc2[nH]nc(-c3ccc(-c4ccccc4)cc3)c2C1. The van der Waals surface area contributed by atoms with Crippen LogP contribution in [-0.4, -0.2) is 34.1 Å². The average Bonchev–Trinajstić information content (AvgIpc) is 3.05. The van der Waals surface area contributed by atoms with Crippen LogP contribution < -0.4 is 5.73 Å². The lowest BCUT2D eigenvalue weighted by atomic mass is 9.98. The van der Waals surface area contributed by atoms with Gasteiger partial charge in [0.2, 0.25) is 5.91 Å². The van der Waals surface area contributed by atoms with Gasteiger partial charge in [-0.15, -0.1) is 0 Å². The summed E-state index contributed by atoms with van der Waals surface area (Å²) in [6.45, 7) is 1.81. The Bertz CT molecular complexity index is 884. The first-order valence-corrected chi connectivity index (χ1v) is 8.43. The number of aromatic nitrogens is 2. The highest BCUT2D eigenvalue weighted by molar-refractivity contribution is 5.76. The smallest absolute Gasteiger partial charge is 0.231 e. The van der Waals surface area contributed by atoms with E-state index in [1.807, 2.05) is 18.2 Å². The van der Waals surface area contributed by atoms with E-state index in [0.29, 0.717) is 6.54 Å². The van der Waals surface area contributed by atoms with Gasteiger partial charge < -0.3 is 5.73 Å². The summed E-state index contributed by atoms with van der Waals surface area (Å²) in [4.78, 5) is 13.3. The molecule has 25 heavy (non-hydrogen) atoms.